The SMILES string of the molecule is CCCOc1ccc(C(NN)C(CC)OC)cc1. The van der Waals surface area contributed by atoms with Crippen LogP contribution < -0.4 is 16.0 Å². The second kappa shape index (κ2) is 8.08. The van der Waals surface area contributed by atoms with Gasteiger partial charge in [-0.25, -0.2) is 0 Å². The van der Waals surface area contributed by atoms with E-state index in [0.717, 1.165) is 30.8 Å². The number of benzene rings is 1. The molecule has 4 nitrogen and oxygen atoms in total. The van der Waals surface area contributed by atoms with Crippen LogP contribution in [0.15, 0.2) is 24.3 Å². The lowest BCUT2D eigenvalue weighted by atomic mass is 10.00. The van der Waals surface area contributed by atoms with E-state index >= 15 is 0 Å². The fraction of sp³-hybridized carbons (Fsp3) is 0.571. The van der Waals surface area contributed by atoms with Crippen LogP contribution in [0.25, 0.3) is 0 Å². The zero-order chi connectivity index (χ0) is 13.4. The van der Waals surface area contributed by atoms with Crippen molar-refractivity contribution in [3.05, 3.63) is 29.8 Å². The third-order valence-electron chi connectivity index (χ3n) is 2.97. The van der Waals surface area contributed by atoms with Gasteiger partial charge < -0.3 is 9.47 Å². The van der Waals surface area contributed by atoms with Crippen molar-refractivity contribution >= 4 is 0 Å². The fourth-order valence-electron chi connectivity index (χ4n) is 1.95. The highest BCUT2D eigenvalue weighted by Gasteiger charge is 2.20. The summed E-state index contributed by atoms with van der Waals surface area (Å²) in [4.78, 5) is 0. The van der Waals surface area contributed by atoms with Crippen LogP contribution in [-0.2, 0) is 4.74 Å². The fourth-order valence-corrected chi connectivity index (χ4v) is 1.95. The normalized spacial score (nSPS) is 14.2. The van der Waals surface area contributed by atoms with Crippen molar-refractivity contribution in [1.29, 1.82) is 0 Å². The van der Waals surface area contributed by atoms with Crippen molar-refractivity contribution < 1.29 is 9.47 Å². The van der Waals surface area contributed by atoms with E-state index in [2.05, 4.69) is 19.3 Å². The van der Waals surface area contributed by atoms with Gasteiger partial charge in [0.15, 0.2) is 0 Å². The molecule has 18 heavy (non-hydrogen) atoms. The zero-order valence-electron chi connectivity index (χ0n) is 11.5. The van der Waals surface area contributed by atoms with Crippen molar-refractivity contribution in [2.45, 2.75) is 38.8 Å². The maximum absolute atomic E-state index is 5.61. The van der Waals surface area contributed by atoms with Crippen LogP contribution >= 0.6 is 0 Å². The van der Waals surface area contributed by atoms with Gasteiger partial charge in [-0.05, 0) is 30.5 Å². The Kier molecular flexibility index (Phi) is 6.72. The number of hydrogen-bond acceptors (Lipinski definition) is 4. The van der Waals surface area contributed by atoms with Crippen molar-refractivity contribution in [1.82, 2.24) is 5.43 Å². The lowest BCUT2D eigenvalue weighted by Gasteiger charge is -2.24. The first kappa shape index (κ1) is 15.0. The van der Waals surface area contributed by atoms with Gasteiger partial charge in [-0.15, -0.1) is 0 Å². The Morgan fingerprint density at radius 2 is 1.89 bits per heavy atom. The molecular formula is C14H24N2O2. The average molecular weight is 252 g/mol. The van der Waals surface area contributed by atoms with Gasteiger partial charge in [0.05, 0.1) is 18.8 Å². The van der Waals surface area contributed by atoms with Gasteiger partial charge >= 0.3 is 0 Å². The summed E-state index contributed by atoms with van der Waals surface area (Å²) in [7, 11) is 1.71. The van der Waals surface area contributed by atoms with E-state index in [9.17, 15) is 0 Å². The largest absolute Gasteiger partial charge is 0.494 e. The molecule has 0 aliphatic rings. The molecule has 1 aromatic carbocycles. The highest BCUT2D eigenvalue weighted by Crippen LogP contribution is 2.23. The molecule has 0 saturated carbocycles. The van der Waals surface area contributed by atoms with E-state index in [-0.39, 0.29) is 12.1 Å². The Bertz CT molecular complexity index is 323. The van der Waals surface area contributed by atoms with Crippen LogP contribution in [0.3, 0.4) is 0 Å². The van der Waals surface area contributed by atoms with Crippen LogP contribution in [0.1, 0.15) is 38.3 Å². The highest BCUT2D eigenvalue weighted by molar-refractivity contribution is 5.29. The molecule has 102 valence electrons. The van der Waals surface area contributed by atoms with Crippen molar-refractivity contribution in [2.24, 2.45) is 5.84 Å². The van der Waals surface area contributed by atoms with E-state index in [1.54, 1.807) is 7.11 Å². The highest BCUT2D eigenvalue weighted by atomic mass is 16.5. The second-order valence-electron chi connectivity index (χ2n) is 4.24. The van der Waals surface area contributed by atoms with Gasteiger partial charge in [-0.3, -0.25) is 11.3 Å². The first-order valence-electron chi connectivity index (χ1n) is 6.48. The molecule has 1 aromatic rings. The lowest BCUT2D eigenvalue weighted by molar-refractivity contribution is 0.0651. The minimum absolute atomic E-state index is 0.000208. The number of methoxy groups -OCH3 is 1. The number of hydrogen-bond donors (Lipinski definition) is 2. The molecule has 1 rings (SSSR count). The van der Waals surface area contributed by atoms with Gasteiger partial charge in [0.25, 0.3) is 0 Å². The number of rotatable bonds is 8. The summed E-state index contributed by atoms with van der Waals surface area (Å²) in [5, 5.41) is 0. The van der Waals surface area contributed by atoms with Crippen LogP contribution in [-0.4, -0.2) is 19.8 Å². The van der Waals surface area contributed by atoms with E-state index in [4.69, 9.17) is 15.3 Å². The predicted octanol–water partition coefficient (Wildman–Crippen LogP) is 2.40. The smallest absolute Gasteiger partial charge is 0.119 e. The van der Waals surface area contributed by atoms with E-state index in [0.29, 0.717) is 0 Å². The van der Waals surface area contributed by atoms with E-state index in [1.165, 1.54) is 0 Å². The summed E-state index contributed by atoms with van der Waals surface area (Å²) in [5.74, 6) is 6.50. The van der Waals surface area contributed by atoms with Gasteiger partial charge in [-0.2, -0.15) is 0 Å². The quantitative estimate of drug-likeness (QED) is 0.551. The monoisotopic (exact) mass is 252 g/mol. The zero-order valence-corrected chi connectivity index (χ0v) is 11.5. The minimum atomic E-state index is 0.000208. The third-order valence-corrected chi connectivity index (χ3v) is 2.97. The summed E-state index contributed by atoms with van der Waals surface area (Å²) in [6.07, 6.45) is 1.98. The molecule has 4 heteroatoms. The number of nitrogens with one attached hydrogen (secondary N) is 1. The number of nitrogens with two attached hydrogens (primary N) is 1. The average Bonchev–Trinajstić information content (AvgIpc) is 2.43. The number of hydrazine groups is 1. The van der Waals surface area contributed by atoms with Crippen LogP contribution in [0.5, 0.6) is 5.75 Å². The Hall–Kier alpha value is -1.10. The molecule has 0 radical (unpaired) electrons. The van der Waals surface area contributed by atoms with Gasteiger partial charge in [0.1, 0.15) is 5.75 Å². The van der Waals surface area contributed by atoms with E-state index < -0.39 is 0 Å². The standard InChI is InChI=1S/C14H24N2O2/c1-4-10-18-12-8-6-11(7-9-12)14(16-15)13(5-2)17-3/h6-9,13-14,16H,4-5,10,15H2,1-3H3. The van der Waals surface area contributed by atoms with E-state index in [1.807, 2.05) is 24.3 Å². The van der Waals surface area contributed by atoms with Crippen LogP contribution in [0.2, 0.25) is 0 Å². The van der Waals surface area contributed by atoms with Gasteiger partial charge in [0, 0.05) is 7.11 Å². The van der Waals surface area contributed by atoms with Crippen molar-refractivity contribution in [2.75, 3.05) is 13.7 Å². The molecule has 0 saturated heterocycles. The van der Waals surface area contributed by atoms with Gasteiger partial charge in [-0.1, -0.05) is 26.0 Å². The Labute approximate surface area is 109 Å². The summed E-state index contributed by atoms with van der Waals surface area (Å²) < 4.78 is 11.0. The first-order valence-corrected chi connectivity index (χ1v) is 6.48. The van der Waals surface area contributed by atoms with Crippen molar-refractivity contribution in [3.8, 4) is 5.75 Å². The molecule has 0 aromatic heterocycles. The summed E-state index contributed by atoms with van der Waals surface area (Å²) >= 11 is 0. The summed E-state index contributed by atoms with van der Waals surface area (Å²) in [5.41, 5.74) is 3.92. The van der Waals surface area contributed by atoms with Crippen LogP contribution in [0, 0.1) is 0 Å². The molecule has 0 aliphatic heterocycles. The van der Waals surface area contributed by atoms with Crippen LogP contribution in [0.4, 0.5) is 0 Å². The second-order valence-corrected chi connectivity index (χ2v) is 4.24. The molecular weight excluding hydrogens is 228 g/mol. The Morgan fingerprint density at radius 1 is 1.22 bits per heavy atom. The molecule has 0 heterocycles. The molecule has 0 aliphatic carbocycles. The predicted molar refractivity (Wildman–Crippen MR) is 73.4 cm³/mol. The van der Waals surface area contributed by atoms with Gasteiger partial charge in [0.2, 0.25) is 0 Å². The van der Waals surface area contributed by atoms with Crippen molar-refractivity contribution in [3.63, 3.8) is 0 Å². The molecule has 2 unspecified atom stereocenters. The molecule has 0 amide bonds. The minimum Gasteiger partial charge on any atom is -0.494 e. The third kappa shape index (κ3) is 3.98. The molecule has 0 spiro atoms. The molecule has 3 N–H and O–H groups in total. The summed E-state index contributed by atoms with van der Waals surface area (Å²) in [6.45, 7) is 4.91. The molecule has 0 bridgehead atoms. The molecule has 2 atom stereocenters. The summed E-state index contributed by atoms with van der Waals surface area (Å²) in [6, 6.07) is 7.99. The Morgan fingerprint density at radius 3 is 2.33 bits per heavy atom. The topological polar surface area (TPSA) is 56.5 Å². The Balaban J connectivity index is 2.74. The lowest BCUT2D eigenvalue weighted by Crippen LogP contribution is -2.37. The number of ether oxygens (including phenoxy) is 2. The maximum Gasteiger partial charge on any atom is 0.119 e. The molecule has 0 fully saturated rings. The maximum atomic E-state index is 5.61. The first-order chi connectivity index (χ1) is 8.76.